The molecule has 0 aliphatic rings. The van der Waals surface area contributed by atoms with Crippen molar-refractivity contribution in [2.24, 2.45) is 5.92 Å². The number of ether oxygens (including phenoxy) is 1. The average molecular weight is 566 g/mol. The first-order chi connectivity index (χ1) is 18.3. The maximum absolute atomic E-state index is 13.5. The van der Waals surface area contributed by atoms with Gasteiger partial charge in [0.05, 0.1) is 17.4 Å². The zero-order valence-electron chi connectivity index (χ0n) is 21.0. The lowest BCUT2D eigenvalue weighted by atomic mass is 9.98. The van der Waals surface area contributed by atoms with Gasteiger partial charge in [-0.25, -0.2) is 4.79 Å². The number of carbonyl (C=O) groups is 2. The third-order valence-corrected chi connectivity index (χ3v) is 6.25. The van der Waals surface area contributed by atoms with Crippen LogP contribution in [0.15, 0.2) is 65.5 Å². The predicted molar refractivity (Wildman–Crippen MR) is 140 cm³/mol. The number of aromatic nitrogens is 1. The average Bonchev–Trinajstić information content (AvgIpc) is 2.87. The number of amides is 1. The standard InChI is InChI=1S/C27H27ClF3N3O5/c1-15(2)23(24(36)27(29,30)31)33-21(35)13-34-20(17-10-6-7-11-18(17)28)12-19(32)22(25(34)37)26(38)39-14-16-8-4-3-5-9-16/h3-12,15,23-24,36H,13-14,32H2,1-2H3,(H,33,35). The Hall–Kier alpha value is -3.83. The number of hydrogen-bond donors (Lipinski definition) is 3. The van der Waals surface area contributed by atoms with E-state index in [1.807, 2.05) is 0 Å². The fourth-order valence-corrected chi connectivity index (χ4v) is 4.14. The Morgan fingerprint density at radius 2 is 1.72 bits per heavy atom. The molecule has 2 unspecified atom stereocenters. The summed E-state index contributed by atoms with van der Waals surface area (Å²) < 4.78 is 45.7. The highest BCUT2D eigenvalue weighted by Crippen LogP contribution is 2.29. The number of aliphatic hydroxyl groups excluding tert-OH is 1. The molecule has 0 aliphatic carbocycles. The van der Waals surface area contributed by atoms with Gasteiger partial charge in [0.25, 0.3) is 5.56 Å². The number of esters is 1. The molecule has 12 heteroatoms. The number of pyridine rings is 1. The van der Waals surface area contributed by atoms with Crippen molar-refractivity contribution in [3.05, 3.63) is 87.2 Å². The number of carbonyl (C=O) groups excluding carboxylic acids is 2. The Morgan fingerprint density at radius 3 is 2.31 bits per heavy atom. The van der Waals surface area contributed by atoms with Crippen molar-refractivity contribution in [2.75, 3.05) is 5.73 Å². The molecule has 39 heavy (non-hydrogen) atoms. The molecule has 2 atom stereocenters. The largest absolute Gasteiger partial charge is 0.457 e. The van der Waals surface area contributed by atoms with Crippen LogP contribution in [0, 0.1) is 5.92 Å². The molecule has 208 valence electrons. The van der Waals surface area contributed by atoms with Crippen molar-refractivity contribution >= 4 is 29.2 Å². The minimum Gasteiger partial charge on any atom is -0.457 e. The molecular weight excluding hydrogens is 539 g/mol. The van der Waals surface area contributed by atoms with E-state index in [0.717, 1.165) is 4.57 Å². The lowest BCUT2D eigenvalue weighted by Gasteiger charge is -2.29. The Kier molecular flexibility index (Phi) is 9.41. The number of nitrogens with two attached hydrogens (primary N) is 1. The second kappa shape index (κ2) is 12.4. The van der Waals surface area contributed by atoms with Crippen molar-refractivity contribution in [1.82, 2.24) is 9.88 Å². The van der Waals surface area contributed by atoms with Crippen LogP contribution in [0.25, 0.3) is 11.3 Å². The van der Waals surface area contributed by atoms with E-state index in [1.165, 1.54) is 26.0 Å². The maximum Gasteiger partial charge on any atom is 0.416 e. The molecule has 0 aliphatic heterocycles. The summed E-state index contributed by atoms with van der Waals surface area (Å²) in [5.41, 5.74) is 5.27. The van der Waals surface area contributed by atoms with Crippen molar-refractivity contribution in [3.63, 3.8) is 0 Å². The molecule has 1 aromatic heterocycles. The third-order valence-electron chi connectivity index (χ3n) is 5.92. The van der Waals surface area contributed by atoms with Gasteiger partial charge in [0.15, 0.2) is 6.10 Å². The number of alkyl halides is 3. The van der Waals surface area contributed by atoms with Gasteiger partial charge < -0.3 is 20.9 Å². The van der Waals surface area contributed by atoms with Gasteiger partial charge in [-0.15, -0.1) is 0 Å². The Balaban J connectivity index is 2.02. The van der Waals surface area contributed by atoms with Crippen LogP contribution in [-0.2, 0) is 22.7 Å². The zero-order chi connectivity index (χ0) is 28.9. The molecule has 2 aromatic carbocycles. The van der Waals surface area contributed by atoms with Crippen molar-refractivity contribution in [1.29, 1.82) is 0 Å². The Morgan fingerprint density at radius 1 is 1.10 bits per heavy atom. The topological polar surface area (TPSA) is 124 Å². The summed E-state index contributed by atoms with van der Waals surface area (Å²) in [5, 5.41) is 12.1. The summed E-state index contributed by atoms with van der Waals surface area (Å²) in [6.45, 7) is 1.83. The van der Waals surface area contributed by atoms with E-state index in [2.05, 4.69) is 5.32 Å². The van der Waals surface area contributed by atoms with Gasteiger partial charge in [-0.3, -0.25) is 14.2 Å². The van der Waals surface area contributed by atoms with Crippen LogP contribution in [0.3, 0.4) is 0 Å². The highest BCUT2D eigenvalue weighted by molar-refractivity contribution is 6.33. The molecule has 1 heterocycles. The minimum absolute atomic E-state index is 0.0512. The first kappa shape index (κ1) is 29.7. The van der Waals surface area contributed by atoms with Crippen molar-refractivity contribution in [3.8, 4) is 11.3 Å². The third kappa shape index (κ3) is 7.18. The van der Waals surface area contributed by atoms with E-state index < -0.39 is 53.8 Å². The fourth-order valence-electron chi connectivity index (χ4n) is 3.90. The molecule has 4 N–H and O–H groups in total. The highest BCUT2D eigenvalue weighted by Gasteiger charge is 2.45. The lowest BCUT2D eigenvalue weighted by Crippen LogP contribution is -2.53. The van der Waals surface area contributed by atoms with E-state index in [-0.39, 0.29) is 28.6 Å². The van der Waals surface area contributed by atoms with Crippen LogP contribution < -0.4 is 16.6 Å². The number of halogens is 4. The molecule has 0 saturated heterocycles. The summed E-state index contributed by atoms with van der Waals surface area (Å²) in [6, 6.07) is 14.6. The maximum atomic E-state index is 13.5. The summed E-state index contributed by atoms with van der Waals surface area (Å²) in [5.74, 6) is -2.87. The quantitative estimate of drug-likeness (QED) is 0.335. The summed E-state index contributed by atoms with van der Waals surface area (Å²) in [4.78, 5) is 39.3. The van der Waals surface area contributed by atoms with Gasteiger partial charge in [0.2, 0.25) is 5.91 Å². The van der Waals surface area contributed by atoms with Gasteiger partial charge in [-0.05, 0) is 23.6 Å². The van der Waals surface area contributed by atoms with Crippen LogP contribution >= 0.6 is 11.6 Å². The van der Waals surface area contributed by atoms with Gasteiger partial charge in [0.1, 0.15) is 18.7 Å². The van der Waals surface area contributed by atoms with Crippen molar-refractivity contribution in [2.45, 2.75) is 45.3 Å². The molecular formula is C27H27ClF3N3O5. The van der Waals surface area contributed by atoms with E-state index in [1.54, 1.807) is 48.5 Å². The number of nitrogens with one attached hydrogen (secondary N) is 1. The van der Waals surface area contributed by atoms with Gasteiger partial charge >= 0.3 is 12.1 Å². The fraction of sp³-hybridized carbons (Fsp3) is 0.296. The number of nitrogens with zero attached hydrogens (tertiary/aromatic N) is 1. The van der Waals surface area contributed by atoms with Crippen LogP contribution in [0.1, 0.15) is 29.8 Å². The number of anilines is 1. The number of rotatable bonds is 9. The van der Waals surface area contributed by atoms with Gasteiger partial charge in [0, 0.05) is 10.6 Å². The molecule has 0 fully saturated rings. The predicted octanol–water partition coefficient (Wildman–Crippen LogP) is 4.17. The monoisotopic (exact) mass is 565 g/mol. The van der Waals surface area contributed by atoms with Gasteiger partial charge in [-0.1, -0.05) is 74.0 Å². The normalized spacial score (nSPS) is 13.1. The molecule has 0 saturated carbocycles. The highest BCUT2D eigenvalue weighted by atomic mass is 35.5. The minimum atomic E-state index is -4.99. The van der Waals surface area contributed by atoms with Crippen LogP contribution in [-0.4, -0.2) is 39.9 Å². The molecule has 8 nitrogen and oxygen atoms in total. The van der Waals surface area contributed by atoms with E-state index in [0.29, 0.717) is 5.56 Å². The first-order valence-corrected chi connectivity index (χ1v) is 12.2. The SMILES string of the molecule is CC(C)C(NC(=O)Cn1c(-c2ccccc2Cl)cc(N)c(C(=O)OCc2ccccc2)c1=O)C(O)C(F)(F)F. The molecule has 3 rings (SSSR count). The number of nitrogen functional groups attached to an aromatic ring is 1. The molecule has 0 spiro atoms. The zero-order valence-corrected chi connectivity index (χ0v) is 21.8. The smallest absolute Gasteiger partial charge is 0.416 e. The Bertz CT molecular complexity index is 1390. The molecule has 3 aromatic rings. The van der Waals surface area contributed by atoms with E-state index in [9.17, 15) is 32.7 Å². The lowest BCUT2D eigenvalue weighted by molar-refractivity contribution is -0.215. The molecule has 0 bridgehead atoms. The van der Waals surface area contributed by atoms with Crippen LogP contribution in [0.2, 0.25) is 5.02 Å². The molecule has 0 radical (unpaired) electrons. The van der Waals surface area contributed by atoms with Gasteiger partial charge in [-0.2, -0.15) is 13.2 Å². The van der Waals surface area contributed by atoms with Crippen molar-refractivity contribution < 1.29 is 32.6 Å². The summed E-state index contributed by atoms with van der Waals surface area (Å²) >= 11 is 6.30. The summed E-state index contributed by atoms with van der Waals surface area (Å²) in [6.07, 6.45) is -7.82. The van der Waals surface area contributed by atoms with E-state index >= 15 is 0 Å². The second-order valence-electron chi connectivity index (χ2n) is 9.12. The number of aliphatic hydroxyl groups is 1. The Labute approximate surface area is 227 Å². The summed E-state index contributed by atoms with van der Waals surface area (Å²) in [7, 11) is 0. The first-order valence-electron chi connectivity index (χ1n) is 11.8. The van der Waals surface area contributed by atoms with Crippen LogP contribution in [0.4, 0.5) is 18.9 Å². The number of hydrogen-bond acceptors (Lipinski definition) is 6. The number of benzene rings is 2. The van der Waals surface area contributed by atoms with Crippen LogP contribution in [0.5, 0.6) is 0 Å². The second-order valence-corrected chi connectivity index (χ2v) is 9.52. The molecule has 1 amide bonds. The van der Waals surface area contributed by atoms with E-state index in [4.69, 9.17) is 22.1 Å².